The average molecular weight is 1520 g/mol. The maximum Gasteiger partial charge on any atom is 0.332 e. The summed E-state index contributed by atoms with van der Waals surface area (Å²) in [5.41, 5.74) is -2.76. The molecular formula is C69H121N3O33. The van der Waals surface area contributed by atoms with Crippen molar-refractivity contribution in [1.82, 2.24) is 14.7 Å². The number of likely N-dealkylation sites (tertiary alicyclic amines) is 1. The summed E-state index contributed by atoms with van der Waals surface area (Å²) in [6.45, 7) is 24.0. The molecule has 36 nitrogen and oxygen atoms in total. The Kier molecular flexibility index (Phi) is 64.1. The van der Waals surface area contributed by atoms with Gasteiger partial charge in [-0.25, -0.2) is 9.59 Å². The number of ether oxygens (including phenoxy) is 24. The SMILES string of the molecule is COCCOCCOCCOCCOCCOCCOCCOCCOCCOCCOCCOCCC=O.COCCOCCOCCOCCOCCOCCOCCOCCOCCOCCOCCOCCCN1CC(C(=O)O)(N2C(=O)C=CC2=O)C1.O=C1C=CC(=O)N1C1(C(=O)O)CCC1. The maximum absolute atomic E-state index is 11.9. The van der Waals surface area contributed by atoms with E-state index in [1.807, 2.05) is 4.90 Å². The van der Waals surface area contributed by atoms with Crippen molar-refractivity contribution in [1.29, 1.82) is 0 Å². The molecular weight excluding hydrogens is 1400 g/mol. The van der Waals surface area contributed by atoms with Gasteiger partial charge in [-0.1, -0.05) is 0 Å². The highest BCUT2D eigenvalue weighted by Gasteiger charge is 2.58. The number of methoxy groups -OCH3 is 2. The Balaban J connectivity index is 0.000000615. The van der Waals surface area contributed by atoms with Gasteiger partial charge in [-0.2, -0.15) is 0 Å². The summed E-state index contributed by atoms with van der Waals surface area (Å²) >= 11 is 0. The van der Waals surface area contributed by atoms with Crippen LogP contribution in [0.25, 0.3) is 0 Å². The van der Waals surface area contributed by atoms with Crippen LogP contribution in [0.2, 0.25) is 0 Å². The largest absolute Gasteiger partial charge is 0.479 e. The summed E-state index contributed by atoms with van der Waals surface area (Å²) < 4.78 is 129. The predicted octanol–water partition coefficient (Wildman–Crippen LogP) is -0.407. The number of nitrogens with zero attached hydrogens (tertiary/aromatic N) is 3. The van der Waals surface area contributed by atoms with Gasteiger partial charge in [-0.05, 0) is 25.7 Å². The van der Waals surface area contributed by atoms with Gasteiger partial charge < -0.3 is 129 Å². The molecule has 105 heavy (non-hydrogen) atoms. The van der Waals surface area contributed by atoms with Crippen LogP contribution in [0.1, 0.15) is 32.1 Å². The van der Waals surface area contributed by atoms with E-state index < -0.39 is 46.6 Å². The summed E-state index contributed by atoms with van der Waals surface area (Å²) in [6.07, 6.45) is 7.85. The number of aliphatic carboxylic acids is 2. The number of carboxylic acid groups (broad SMARTS) is 2. The molecule has 0 radical (unpaired) electrons. The summed E-state index contributed by atoms with van der Waals surface area (Å²) in [4.78, 5) is 82.9. The van der Waals surface area contributed by atoms with Crippen molar-refractivity contribution >= 4 is 41.9 Å². The van der Waals surface area contributed by atoms with Crippen molar-refractivity contribution < 1.29 is 157 Å². The fraction of sp³-hybridized carbons (Fsp3) is 0.841. The van der Waals surface area contributed by atoms with Gasteiger partial charge in [0.15, 0.2) is 5.54 Å². The van der Waals surface area contributed by atoms with Crippen LogP contribution in [0.15, 0.2) is 24.3 Å². The van der Waals surface area contributed by atoms with Gasteiger partial charge in [-0.3, -0.25) is 33.9 Å². The fourth-order valence-corrected chi connectivity index (χ4v) is 9.32. The first-order valence-corrected chi connectivity index (χ1v) is 35.9. The lowest BCUT2D eigenvalue weighted by molar-refractivity contribution is -0.174. The van der Waals surface area contributed by atoms with Crippen molar-refractivity contribution in [2.24, 2.45) is 0 Å². The van der Waals surface area contributed by atoms with Crippen LogP contribution >= 0.6 is 0 Å². The van der Waals surface area contributed by atoms with Crippen LogP contribution in [0, 0.1) is 0 Å². The van der Waals surface area contributed by atoms with E-state index in [4.69, 9.17) is 119 Å². The molecule has 0 unspecified atom stereocenters. The molecule has 4 amide bonds. The minimum Gasteiger partial charge on any atom is -0.479 e. The molecule has 0 aromatic rings. The first kappa shape index (κ1) is 96.4. The second-order valence-electron chi connectivity index (χ2n) is 22.7. The minimum absolute atomic E-state index is 0.110. The third-order valence-corrected chi connectivity index (χ3v) is 14.9. The molecule has 2 fully saturated rings. The van der Waals surface area contributed by atoms with E-state index in [-0.39, 0.29) is 13.1 Å². The topological polar surface area (TPSA) is 391 Å². The molecule has 0 aromatic carbocycles. The molecule has 36 heteroatoms. The number of amides is 4. The van der Waals surface area contributed by atoms with E-state index in [1.54, 1.807) is 14.2 Å². The smallest absolute Gasteiger partial charge is 0.332 e. The number of aldehydes is 1. The van der Waals surface area contributed by atoms with Crippen molar-refractivity contribution in [3.8, 4) is 0 Å². The Bertz CT molecular complexity index is 2160. The molecule has 1 aliphatic carbocycles. The minimum atomic E-state index is -1.49. The van der Waals surface area contributed by atoms with Gasteiger partial charge in [0.05, 0.1) is 297 Å². The van der Waals surface area contributed by atoms with E-state index in [2.05, 4.69) is 0 Å². The number of carboxylic acids is 2. The highest BCUT2D eigenvalue weighted by atomic mass is 16.6. The number of hydrogen-bond acceptors (Lipinski definition) is 32. The molecule has 0 atom stereocenters. The van der Waals surface area contributed by atoms with Crippen molar-refractivity contribution in [3.63, 3.8) is 0 Å². The van der Waals surface area contributed by atoms with Gasteiger partial charge in [0.25, 0.3) is 23.6 Å². The highest BCUT2D eigenvalue weighted by Crippen LogP contribution is 2.39. The Morgan fingerprint density at radius 2 is 0.505 bits per heavy atom. The molecule has 0 bridgehead atoms. The summed E-state index contributed by atoms with van der Waals surface area (Å²) in [6, 6.07) is 0. The molecule has 4 rings (SSSR count). The Morgan fingerprint density at radius 3 is 0.686 bits per heavy atom. The summed E-state index contributed by atoms with van der Waals surface area (Å²) in [5.74, 6) is -4.46. The number of hydrogen-bond donors (Lipinski definition) is 2. The van der Waals surface area contributed by atoms with Crippen molar-refractivity contribution in [3.05, 3.63) is 24.3 Å². The first-order chi connectivity index (χ1) is 51.5. The first-order valence-electron chi connectivity index (χ1n) is 35.9. The van der Waals surface area contributed by atoms with Crippen LogP contribution in [-0.2, 0) is 147 Å². The van der Waals surface area contributed by atoms with Gasteiger partial charge in [0.1, 0.15) is 11.8 Å². The molecule has 2 N–H and O–H groups in total. The molecule has 0 spiro atoms. The second kappa shape index (κ2) is 69.8. The molecule has 1 saturated heterocycles. The van der Waals surface area contributed by atoms with Crippen LogP contribution in [-0.4, -0.2) is 416 Å². The number of carbonyl (C=O) groups excluding carboxylic acids is 5. The van der Waals surface area contributed by atoms with E-state index in [9.17, 15) is 38.7 Å². The van der Waals surface area contributed by atoms with E-state index >= 15 is 0 Å². The Hall–Kier alpha value is -4.63. The summed E-state index contributed by atoms with van der Waals surface area (Å²) in [5, 5.41) is 18.6. The quantitative estimate of drug-likeness (QED) is 0.0444. The molecule has 4 aliphatic rings. The van der Waals surface area contributed by atoms with E-state index in [1.165, 1.54) is 0 Å². The van der Waals surface area contributed by atoms with Gasteiger partial charge in [-0.15, -0.1) is 0 Å². The van der Waals surface area contributed by atoms with E-state index in [0.717, 1.165) is 46.8 Å². The third kappa shape index (κ3) is 49.9. The Labute approximate surface area is 617 Å². The van der Waals surface area contributed by atoms with Crippen LogP contribution in [0.3, 0.4) is 0 Å². The van der Waals surface area contributed by atoms with Gasteiger partial charge in [0, 0.05) is 71.2 Å². The predicted molar refractivity (Wildman–Crippen MR) is 370 cm³/mol. The van der Waals surface area contributed by atoms with Crippen molar-refractivity contribution in [2.75, 3.05) is 338 Å². The maximum atomic E-state index is 11.9. The third-order valence-electron chi connectivity index (χ3n) is 14.9. The molecule has 3 heterocycles. The zero-order valence-electron chi connectivity index (χ0n) is 62.0. The fourth-order valence-electron chi connectivity index (χ4n) is 9.32. The lowest BCUT2D eigenvalue weighted by Gasteiger charge is -2.50. The molecule has 610 valence electrons. The highest BCUT2D eigenvalue weighted by molar-refractivity contribution is 6.16. The number of rotatable bonds is 77. The van der Waals surface area contributed by atoms with Gasteiger partial charge >= 0.3 is 11.9 Å². The molecule has 3 aliphatic heterocycles. The van der Waals surface area contributed by atoms with Crippen LogP contribution in [0.4, 0.5) is 0 Å². The second-order valence-corrected chi connectivity index (χ2v) is 22.7. The van der Waals surface area contributed by atoms with E-state index in [0.29, 0.717) is 336 Å². The van der Waals surface area contributed by atoms with Crippen molar-refractivity contribution in [2.45, 2.75) is 43.2 Å². The lowest BCUT2D eigenvalue weighted by atomic mass is 9.75. The standard InChI is InChI=1S/C34H60N2O16.C26H52O13.C9H9NO4/c1-41-7-8-43-11-12-45-15-16-47-19-20-49-23-24-51-27-28-52-26-25-50-22-21-48-18-17-46-14-13-44-10-9-42-6-2-5-35-29-34(30-35,33(39)40)36-31(37)3-4-32(36)38;1-28-5-6-30-9-10-32-13-14-34-17-18-36-21-22-38-25-26-39-24-23-37-20-19-35-16-15-33-12-11-31-8-7-29-4-2-3-27;11-6-2-3-7(12)10(6)9(8(13)14)4-1-5-9/h3-4H,2,5-30H2,1H3,(H,39,40);3H,2,4-26H2,1H3;2-3H,1,4-5H2,(H,13,14). The zero-order chi connectivity index (χ0) is 75.9. The normalized spacial score (nSPS) is 15.1. The molecule has 0 aromatic heterocycles. The number of carbonyl (C=O) groups is 7. The molecule has 1 saturated carbocycles. The lowest BCUT2D eigenvalue weighted by Crippen LogP contribution is -2.75. The van der Waals surface area contributed by atoms with Crippen LogP contribution < -0.4 is 0 Å². The van der Waals surface area contributed by atoms with Gasteiger partial charge in [0.2, 0.25) is 0 Å². The zero-order valence-corrected chi connectivity index (χ0v) is 62.0. The monoisotopic (exact) mass is 1520 g/mol. The number of imide groups is 2. The Morgan fingerprint density at radius 1 is 0.314 bits per heavy atom. The summed E-state index contributed by atoms with van der Waals surface area (Å²) in [7, 11) is 3.28. The average Bonchev–Trinajstić information content (AvgIpc) is 1.74. The van der Waals surface area contributed by atoms with Crippen LogP contribution in [0.5, 0.6) is 0 Å².